The summed E-state index contributed by atoms with van der Waals surface area (Å²) in [6.45, 7) is 0.897. The van der Waals surface area contributed by atoms with Gasteiger partial charge in [0.2, 0.25) is 0 Å². The first-order valence-electron chi connectivity index (χ1n) is 5.09. The van der Waals surface area contributed by atoms with E-state index in [2.05, 4.69) is 5.32 Å². The van der Waals surface area contributed by atoms with E-state index in [1.165, 1.54) is 6.07 Å². The quantitative estimate of drug-likeness (QED) is 0.749. The molecule has 1 aromatic rings. The summed E-state index contributed by atoms with van der Waals surface area (Å²) in [7, 11) is 0. The second-order valence-corrected chi connectivity index (χ2v) is 3.35. The van der Waals surface area contributed by atoms with Gasteiger partial charge in [-0.1, -0.05) is 6.07 Å². The van der Waals surface area contributed by atoms with Crippen LogP contribution in [-0.2, 0) is 0 Å². The number of carbonyl (C=O) groups excluding carboxylic acids is 1. The largest absolute Gasteiger partial charge is 0.352 e. The van der Waals surface area contributed by atoms with Crippen LogP contribution >= 0.6 is 0 Å². The Morgan fingerprint density at radius 2 is 1.88 bits per heavy atom. The van der Waals surface area contributed by atoms with Gasteiger partial charge in [-0.2, -0.15) is 0 Å². The lowest BCUT2D eigenvalue weighted by Gasteiger charge is -2.06. The van der Waals surface area contributed by atoms with Crippen LogP contribution < -0.4 is 11.1 Å². The van der Waals surface area contributed by atoms with Crippen LogP contribution in [0.4, 0.5) is 8.78 Å². The molecule has 0 saturated heterocycles. The Labute approximate surface area is 92.6 Å². The molecule has 0 heterocycles. The van der Waals surface area contributed by atoms with Crippen LogP contribution in [0.15, 0.2) is 18.2 Å². The van der Waals surface area contributed by atoms with Gasteiger partial charge in [0.15, 0.2) is 0 Å². The predicted octanol–water partition coefficient (Wildman–Crippen LogP) is 1.43. The molecule has 0 aromatic heterocycles. The molecule has 3 nitrogen and oxygen atoms in total. The number of nitrogens with two attached hydrogens (primary N) is 1. The third-order valence-corrected chi connectivity index (χ3v) is 2.11. The number of hydrogen-bond donors (Lipinski definition) is 2. The SMILES string of the molecule is NCCCCNC(=O)c1c(F)cccc1F. The van der Waals surface area contributed by atoms with Gasteiger partial charge in [-0.15, -0.1) is 0 Å². The van der Waals surface area contributed by atoms with Crippen molar-refractivity contribution in [3.63, 3.8) is 0 Å². The number of hydrogen-bond acceptors (Lipinski definition) is 2. The fraction of sp³-hybridized carbons (Fsp3) is 0.364. The molecule has 0 fully saturated rings. The Kier molecular flexibility index (Phi) is 4.85. The molecule has 5 heteroatoms. The lowest BCUT2D eigenvalue weighted by Crippen LogP contribution is -2.26. The number of carbonyl (C=O) groups is 1. The molecule has 1 aromatic carbocycles. The van der Waals surface area contributed by atoms with Crippen LogP contribution in [0, 0.1) is 11.6 Å². The van der Waals surface area contributed by atoms with E-state index in [9.17, 15) is 13.6 Å². The van der Waals surface area contributed by atoms with Gasteiger partial charge in [0.25, 0.3) is 5.91 Å². The number of amides is 1. The standard InChI is InChI=1S/C11H14F2N2O/c12-8-4-3-5-9(13)10(8)11(16)15-7-2-1-6-14/h3-5H,1-2,6-7,14H2,(H,15,16). The molecule has 1 rings (SSSR count). The van der Waals surface area contributed by atoms with E-state index in [1.54, 1.807) is 0 Å². The zero-order valence-corrected chi connectivity index (χ0v) is 8.80. The maximum absolute atomic E-state index is 13.2. The van der Waals surface area contributed by atoms with Crippen LogP contribution in [-0.4, -0.2) is 19.0 Å². The van der Waals surface area contributed by atoms with Gasteiger partial charge in [0, 0.05) is 6.54 Å². The van der Waals surface area contributed by atoms with E-state index < -0.39 is 23.1 Å². The summed E-state index contributed by atoms with van der Waals surface area (Å²) in [4.78, 5) is 11.4. The third kappa shape index (κ3) is 3.27. The Balaban J connectivity index is 2.59. The minimum atomic E-state index is -0.851. The summed E-state index contributed by atoms with van der Waals surface area (Å²) in [6.07, 6.45) is 1.46. The Bertz CT molecular complexity index is 349. The first-order valence-corrected chi connectivity index (χ1v) is 5.09. The minimum Gasteiger partial charge on any atom is -0.352 e. The first-order chi connectivity index (χ1) is 7.66. The highest BCUT2D eigenvalue weighted by Gasteiger charge is 2.15. The molecular weight excluding hydrogens is 214 g/mol. The van der Waals surface area contributed by atoms with Crippen molar-refractivity contribution in [2.45, 2.75) is 12.8 Å². The zero-order chi connectivity index (χ0) is 12.0. The topological polar surface area (TPSA) is 55.1 Å². The average Bonchev–Trinajstić information content (AvgIpc) is 2.24. The van der Waals surface area contributed by atoms with Crippen molar-refractivity contribution in [1.29, 1.82) is 0 Å². The third-order valence-electron chi connectivity index (χ3n) is 2.11. The molecule has 0 aliphatic heterocycles. The van der Waals surface area contributed by atoms with E-state index in [4.69, 9.17) is 5.73 Å². The molecule has 0 unspecified atom stereocenters. The molecule has 0 saturated carbocycles. The summed E-state index contributed by atoms with van der Waals surface area (Å²) < 4.78 is 26.3. The Hall–Kier alpha value is -1.49. The number of halogens is 2. The van der Waals surface area contributed by atoms with Gasteiger partial charge in [-0.25, -0.2) is 8.78 Å². The highest BCUT2D eigenvalue weighted by atomic mass is 19.1. The Morgan fingerprint density at radius 1 is 1.25 bits per heavy atom. The number of benzene rings is 1. The van der Waals surface area contributed by atoms with Crippen molar-refractivity contribution < 1.29 is 13.6 Å². The molecule has 0 aliphatic rings. The van der Waals surface area contributed by atoms with Gasteiger partial charge in [0.05, 0.1) is 0 Å². The zero-order valence-electron chi connectivity index (χ0n) is 8.80. The van der Waals surface area contributed by atoms with Crippen molar-refractivity contribution >= 4 is 5.91 Å². The van der Waals surface area contributed by atoms with Gasteiger partial charge in [0.1, 0.15) is 17.2 Å². The number of unbranched alkanes of at least 4 members (excludes halogenated alkanes) is 1. The second kappa shape index (κ2) is 6.17. The van der Waals surface area contributed by atoms with E-state index >= 15 is 0 Å². The van der Waals surface area contributed by atoms with Gasteiger partial charge in [-0.05, 0) is 31.5 Å². The van der Waals surface area contributed by atoms with Crippen molar-refractivity contribution in [3.8, 4) is 0 Å². The predicted molar refractivity (Wildman–Crippen MR) is 57.0 cm³/mol. The molecule has 3 N–H and O–H groups in total. The van der Waals surface area contributed by atoms with E-state index in [-0.39, 0.29) is 0 Å². The summed E-state index contributed by atoms with van der Waals surface area (Å²) >= 11 is 0. The van der Waals surface area contributed by atoms with Crippen LogP contribution in [0.5, 0.6) is 0 Å². The summed E-state index contributed by atoms with van der Waals surface area (Å²) in [5.41, 5.74) is 4.74. The van der Waals surface area contributed by atoms with Crippen LogP contribution in [0.3, 0.4) is 0 Å². The fourth-order valence-corrected chi connectivity index (χ4v) is 1.27. The van der Waals surface area contributed by atoms with Crippen molar-refractivity contribution in [2.75, 3.05) is 13.1 Å². The lowest BCUT2D eigenvalue weighted by atomic mass is 10.2. The maximum atomic E-state index is 13.2. The lowest BCUT2D eigenvalue weighted by molar-refractivity contribution is 0.0944. The Morgan fingerprint density at radius 3 is 2.44 bits per heavy atom. The number of nitrogens with one attached hydrogen (secondary N) is 1. The smallest absolute Gasteiger partial charge is 0.257 e. The molecule has 0 atom stereocenters. The van der Waals surface area contributed by atoms with Crippen molar-refractivity contribution in [3.05, 3.63) is 35.4 Å². The van der Waals surface area contributed by atoms with Crippen molar-refractivity contribution in [2.24, 2.45) is 5.73 Å². The monoisotopic (exact) mass is 228 g/mol. The first kappa shape index (κ1) is 12.6. The fourth-order valence-electron chi connectivity index (χ4n) is 1.27. The second-order valence-electron chi connectivity index (χ2n) is 3.35. The molecule has 88 valence electrons. The average molecular weight is 228 g/mol. The molecule has 0 aliphatic carbocycles. The van der Waals surface area contributed by atoms with Crippen molar-refractivity contribution in [1.82, 2.24) is 5.32 Å². The van der Waals surface area contributed by atoms with E-state index in [1.807, 2.05) is 0 Å². The van der Waals surface area contributed by atoms with Gasteiger partial charge >= 0.3 is 0 Å². The van der Waals surface area contributed by atoms with E-state index in [0.717, 1.165) is 18.6 Å². The van der Waals surface area contributed by atoms with Gasteiger partial charge in [-0.3, -0.25) is 4.79 Å². The van der Waals surface area contributed by atoms with Gasteiger partial charge < -0.3 is 11.1 Å². The molecule has 1 amide bonds. The molecule has 0 bridgehead atoms. The molecule has 16 heavy (non-hydrogen) atoms. The summed E-state index contributed by atoms with van der Waals surface area (Å²) in [5, 5.41) is 2.44. The molecular formula is C11H14F2N2O. The normalized spacial score (nSPS) is 10.2. The highest BCUT2D eigenvalue weighted by Crippen LogP contribution is 2.11. The number of rotatable bonds is 5. The van der Waals surface area contributed by atoms with E-state index in [0.29, 0.717) is 19.5 Å². The molecule has 0 radical (unpaired) electrons. The van der Waals surface area contributed by atoms with Crippen LogP contribution in [0.25, 0.3) is 0 Å². The molecule has 0 spiro atoms. The van der Waals surface area contributed by atoms with Crippen LogP contribution in [0.2, 0.25) is 0 Å². The summed E-state index contributed by atoms with van der Waals surface area (Å²) in [6, 6.07) is 3.33. The summed E-state index contributed by atoms with van der Waals surface area (Å²) in [5.74, 6) is -2.43. The van der Waals surface area contributed by atoms with Crippen LogP contribution in [0.1, 0.15) is 23.2 Å². The highest BCUT2D eigenvalue weighted by molar-refractivity contribution is 5.94. The maximum Gasteiger partial charge on any atom is 0.257 e. The minimum absolute atomic E-state index is 0.365.